The molecular weight excluding hydrogens is 230 g/mol. The van der Waals surface area contributed by atoms with Crippen molar-refractivity contribution >= 4 is 6.09 Å². The lowest BCUT2D eigenvalue weighted by Crippen LogP contribution is -2.30. The number of rotatable bonds is 3. The minimum Gasteiger partial charge on any atom is -0.500 e. The highest BCUT2D eigenvalue weighted by Gasteiger charge is 2.18. The van der Waals surface area contributed by atoms with Gasteiger partial charge in [-0.15, -0.1) is 0 Å². The number of amides is 1. The number of carbonyl (C=O) groups is 1. The van der Waals surface area contributed by atoms with E-state index >= 15 is 0 Å². The molecule has 0 radical (unpaired) electrons. The smallest absolute Gasteiger partial charge is 0.414 e. The second kappa shape index (κ2) is 6.10. The molecule has 1 aliphatic rings. The molecule has 1 aromatic rings. The standard InChI is InChI=1S/C14H17NO3/c1-17-13-8-5-9-15(10-13)14(16)18-11-12-6-3-2-4-7-12/h2-4,6-7,10H,5,8-9,11H2,1H3. The van der Waals surface area contributed by atoms with Crippen molar-refractivity contribution in [3.8, 4) is 0 Å². The van der Waals surface area contributed by atoms with Crippen molar-refractivity contribution in [1.82, 2.24) is 4.90 Å². The number of hydrogen-bond donors (Lipinski definition) is 0. The van der Waals surface area contributed by atoms with Crippen molar-refractivity contribution < 1.29 is 14.3 Å². The van der Waals surface area contributed by atoms with E-state index in [-0.39, 0.29) is 6.09 Å². The Morgan fingerprint density at radius 1 is 1.33 bits per heavy atom. The zero-order valence-electron chi connectivity index (χ0n) is 10.5. The lowest BCUT2D eigenvalue weighted by molar-refractivity contribution is 0.104. The van der Waals surface area contributed by atoms with Gasteiger partial charge in [-0.1, -0.05) is 30.3 Å². The summed E-state index contributed by atoms with van der Waals surface area (Å²) in [6.45, 7) is 0.979. The van der Waals surface area contributed by atoms with Crippen LogP contribution >= 0.6 is 0 Å². The summed E-state index contributed by atoms with van der Waals surface area (Å²) in [5.74, 6) is 0.818. The first-order valence-corrected chi connectivity index (χ1v) is 6.01. The number of benzene rings is 1. The molecule has 18 heavy (non-hydrogen) atoms. The van der Waals surface area contributed by atoms with E-state index in [1.54, 1.807) is 18.2 Å². The summed E-state index contributed by atoms with van der Waals surface area (Å²) in [6.07, 6.45) is 3.17. The number of carbonyl (C=O) groups excluding carboxylic acids is 1. The largest absolute Gasteiger partial charge is 0.500 e. The van der Waals surface area contributed by atoms with Gasteiger partial charge in [0.25, 0.3) is 0 Å². The van der Waals surface area contributed by atoms with E-state index < -0.39 is 0 Å². The van der Waals surface area contributed by atoms with E-state index in [4.69, 9.17) is 9.47 Å². The van der Waals surface area contributed by atoms with E-state index in [1.807, 2.05) is 30.3 Å². The minimum atomic E-state index is -0.326. The lowest BCUT2D eigenvalue weighted by atomic mass is 10.2. The SMILES string of the molecule is COC1=CN(C(=O)OCc2ccccc2)CCC1. The van der Waals surface area contributed by atoms with Crippen molar-refractivity contribution in [3.63, 3.8) is 0 Å². The van der Waals surface area contributed by atoms with Crippen LogP contribution in [0.5, 0.6) is 0 Å². The molecule has 1 amide bonds. The Morgan fingerprint density at radius 3 is 2.83 bits per heavy atom. The summed E-state index contributed by atoms with van der Waals surface area (Å²) < 4.78 is 10.4. The van der Waals surface area contributed by atoms with Crippen LogP contribution in [0.1, 0.15) is 18.4 Å². The highest BCUT2D eigenvalue weighted by molar-refractivity contribution is 5.69. The summed E-state index contributed by atoms with van der Waals surface area (Å²) in [5, 5.41) is 0. The van der Waals surface area contributed by atoms with Crippen LogP contribution in [0.4, 0.5) is 4.79 Å². The van der Waals surface area contributed by atoms with Gasteiger partial charge in [0.15, 0.2) is 0 Å². The molecule has 1 heterocycles. The second-order valence-corrected chi connectivity index (χ2v) is 4.14. The van der Waals surface area contributed by atoms with Gasteiger partial charge in [-0.05, 0) is 12.0 Å². The van der Waals surface area contributed by atoms with E-state index in [1.165, 1.54) is 0 Å². The lowest BCUT2D eigenvalue weighted by Gasteiger charge is -2.23. The van der Waals surface area contributed by atoms with E-state index in [0.29, 0.717) is 13.2 Å². The highest BCUT2D eigenvalue weighted by Crippen LogP contribution is 2.16. The highest BCUT2D eigenvalue weighted by atomic mass is 16.6. The van der Waals surface area contributed by atoms with Crippen molar-refractivity contribution in [2.75, 3.05) is 13.7 Å². The van der Waals surface area contributed by atoms with Crippen LogP contribution in [0.3, 0.4) is 0 Å². The summed E-state index contributed by atoms with van der Waals surface area (Å²) >= 11 is 0. The maximum atomic E-state index is 11.8. The van der Waals surface area contributed by atoms with Gasteiger partial charge in [0.2, 0.25) is 0 Å². The zero-order valence-corrected chi connectivity index (χ0v) is 10.5. The van der Waals surface area contributed by atoms with Gasteiger partial charge >= 0.3 is 6.09 Å². The molecule has 0 aromatic heterocycles. The van der Waals surface area contributed by atoms with Gasteiger partial charge in [0, 0.05) is 19.2 Å². The summed E-state index contributed by atoms with van der Waals surface area (Å²) in [6, 6.07) is 9.64. The Bertz CT molecular complexity index is 428. The molecule has 0 fully saturated rings. The van der Waals surface area contributed by atoms with Gasteiger partial charge in [0.05, 0.1) is 7.11 Å². The van der Waals surface area contributed by atoms with Crippen LogP contribution in [-0.4, -0.2) is 24.6 Å². The fourth-order valence-electron chi connectivity index (χ4n) is 1.83. The number of methoxy groups -OCH3 is 1. The molecule has 0 aliphatic carbocycles. The van der Waals surface area contributed by atoms with Crippen LogP contribution < -0.4 is 0 Å². The molecule has 1 aromatic carbocycles. The fraction of sp³-hybridized carbons (Fsp3) is 0.357. The third-order valence-corrected chi connectivity index (χ3v) is 2.82. The normalized spacial score (nSPS) is 14.9. The van der Waals surface area contributed by atoms with Crippen LogP contribution in [-0.2, 0) is 16.1 Å². The molecule has 1 aliphatic heterocycles. The topological polar surface area (TPSA) is 38.8 Å². The van der Waals surface area contributed by atoms with Crippen LogP contribution in [0.25, 0.3) is 0 Å². The molecule has 0 spiro atoms. The molecule has 0 atom stereocenters. The molecule has 0 saturated carbocycles. The van der Waals surface area contributed by atoms with Crippen molar-refractivity contribution in [3.05, 3.63) is 47.9 Å². The average Bonchev–Trinajstić information content (AvgIpc) is 2.46. The Hall–Kier alpha value is -1.97. The summed E-state index contributed by atoms with van der Waals surface area (Å²) in [4.78, 5) is 13.4. The van der Waals surface area contributed by atoms with Crippen LogP contribution in [0.2, 0.25) is 0 Å². The van der Waals surface area contributed by atoms with E-state index in [2.05, 4.69) is 0 Å². The van der Waals surface area contributed by atoms with E-state index in [9.17, 15) is 4.79 Å². The third kappa shape index (κ3) is 3.26. The fourth-order valence-corrected chi connectivity index (χ4v) is 1.83. The predicted octanol–water partition coefficient (Wildman–Crippen LogP) is 2.91. The van der Waals surface area contributed by atoms with Crippen molar-refractivity contribution in [1.29, 1.82) is 0 Å². The molecule has 0 saturated heterocycles. The van der Waals surface area contributed by atoms with E-state index in [0.717, 1.165) is 24.2 Å². The zero-order chi connectivity index (χ0) is 12.8. The quantitative estimate of drug-likeness (QED) is 0.824. The summed E-state index contributed by atoms with van der Waals surface area (Å²) in [5.41, 5.74) is 0.985. The Balaban J connectivity index is 1.88. The van der Waals surface area contributed by atoms with Gasteiger partial charge in [0.1, 0.15) is 12.4 Å². The van der Waals surface area contributed by atoms with Gasteiger partial charge < -0.3 is 9.47 Å². The predicted molar refractivity (Wildman–Crippen MR) is 67.7 cm³/mol. The van der Waals surface area contributed by atoms with Crippen LogP contribution in [0.15, 0.2) is 42.3 Å². The number of allylic oxidation sites excluding steroid dienone is 1. The Kier molecular flexibility index (Phi) is 4.23. The maximum Gasteiger partial charge on any atom is 0.414 e. The molecule has 0 N–H and O–H groups in total. The van der Waals surface area contributed by atoms with Gasteiger partial charge in [-0.3, -0.25) is 4.90 Å². The second-order valence-electron chi connectivity index (χ2n) is 4.14. The molecular formula is C14H17NO3. The Morgan fingerprint density at radius 2 is 2.11 bits per heavy atom. The molecule has 0 bridgehead atoms. The maximum absolute atomic E-state index is 11.8. The molecule has 0 unspecified atom stereocenters. The first-order chi connectivity index (χ1) is 8.79. The van der Waals surface area contributed by atoms with Crippen molar-refractivity contribution in [2.24, 2.45) is 0 Å². The number of nitrogens with zero attached hydrogens (tertiary/aromatic N) is 1. The number of hydrogen-bond acceptors (Lipinski definition) is 3. The van der Waals surface area contributed by atoms with Gasteiger partial charge in [-0.25, -0.2) is 4.79 Å². The van der Waals surface area contributed by atoms with Crippen LogP contribution in [0, 0.1) is 0 Å². The molecule has 2 rings (SSSR count). The first-order valence-electron chi connectivity index (χ1n) is 6.01. The minimum absolute atomic E-state index is 0.298. The van der Waals surface area contributed by atoms with Crippen molar-refractivity contribution in [2.45, 2.75) is 19.4 Å². The summed E-state index contributed by atoms with van der Waals surface area (Å²) in [7, 11) is 1.62. The molecule has 4 nitrogen and oxygen atoms in total. The molecule has 96 valence electrons. The third-order valence-electron chi connectivity index (χ3n) is 2.82. The number of ether oxygens (including phenoxy) is 2. The monoisotopic (exact) mass is 247 g/mol. The first kappa shape index (κ1) is 12.5. The van der Waals surface area contributed by atoms with Gasteiger partial charge in [-0.2, -0.15) is 0 Å². The molecule has 4 heteroatoms. The average molecular weight is 247 g/mol. The Labute approximate surface area is 107 Å².